The highest BCUT2D eigenvalue weighted by Crippen LogP contribution is 2.28. The first-order valence-corrected chi connectivity index (χ1v) is 6.22. The normalized spacial score (nSPS) is 20.9. The molecular weight excluding hydrogens is 220 g/mol. The van der Waals surface area contributed by atoms with E-state index in [4.69, 9.17) is 11.0 Å². The van der Waals surface area contributed by atoms with E-state index in [-0.39, 0.29) is 0 Å². The molecule has 3 N–H and O–H groups in total. The Labute approximate surface area is 99.7 Å². The topological polar surface area (TPSA) is 65.1 Å². The van der Waals surface area contributed by atoms with Crippen LogP contribution in [0.4, 0.5) is 10.7 Å². The first-order chi connectivity index (χ1) is 7.69. The molecule has 1 aromatic heterocycles. The van der Waals surface area contributed by atoms with Crippen molar-refractivity contribution in [2.24, 2.45) is 5.92 Å². The molecule has 2 rings (SSSR count). The summed E-state index contributed by atoms with van der Waals surface area (Å²) in [5, 5.41) is 13.2. The number of nitrogens with zero attached hydrogens (tertiary/aromatic N) is 2. The van der Waals surface area contributed by atoms with Gasteiger partial charge in [-0.3, -0.25) is 0 Å². The summed E-state index contributed by atoms with van der Waals surface area (Å²) >= 11 is 1.43. The van der Waals surface area contributed by atoms with Crippen LogP contribution in [0.1, 0.15) is 11.3 Å². The van der Waals surface area contributed by atoms with Gasteiger partial charge in [-0.05, 0) is 32.0 Å². The first kappa shape index (κ1) is 11.2. The van der Waals surface area contributed by atoms with Crippen molar-refractivity contribution in [3.05, 3.63) is 10.9 Å². The minimum absolute atomic E-state index is 0.582. The zero-order chi connectivity index (χ0) is 11.5. The predicted molar refractivity (Wildman–Crippen MR) is 67.5 cm³/mol. The number of anilines is 2. The molecule has 5 heteroatoms. The molecular formula is C11H16N4S. The molecule has 1 aromatic rings. The van der Waals surface area contributed by atoms with Crippen molar-refractivity contribution in [1.82, 2.24) is 4.90 Å². The lowest BCUT2D eigenvalue weighted by Crippen LogP contribution is -2.18. The number of hydrogen-bond donors (Lipinski definition) is 2. The molecule has 1 aliphatic rings. The second kappa shape index (κ2) is 4.73. The van der Waals surface area contributed by atoms with E-state index in [2.05, 4.69) is 23.3 Å². The molecule has 1 unspecified atom stereocenters. The van der Waals surface area contributed by atoms with Crippen LogP contribution in [0, 0.1) is 17.2 Å². The van der Waals surface area contributed by atoms with E-state index in [1.165, 1.54) is 24.3 Å². The summed E-state index contributed by atoms with van der Waals surface area (Å²) in [5.41, 5.74) is 6.28. The molecule has 2 heterocycles. The molecule has 0 saturated carbocycles. The van der Waals surface area contributed by atoms with Crippen LogP contribution in [-0.4, -0.2) is 31.6 Å². The number of hydrogen-bond acceptors (Lipinski definition) is 5. The molecule has 0 aliphatic carbocycles. The van der Waals surface area contributed by atoms with Crippen molar-refractivity contribution in [2.45, 2.75) is 6.42 Å². The summed E-state index contributed by atoms with van der Waals surface area (Å²) < 4.78 is 0. The molecule has 0 radical (unpaired) electrons. The lowest BCUT2D eigenvalue weighted by atomic mass is 10.1. The summed E-state index contributed by atoms with van der Waals surface area (Å²) in [4.78, 5) is 2.95. The molecule has 16 heavy (non-hydrogen) atoms. The van der Waals surface area contributed by atoms with Crippen LogP contribution in [0.25, 0.3) is 0 Å². The highest BCUT2D eigenvalue weighted by molar-refractivity contribution is 7.17. The van der Waals surface area contributed by atoms with Crippen LogP contribution in [0.15, 0.2) is 6.07 Å². The summed E-state index contributed by atoms with van der Waals surface area (Å²) in [6.07, 6.45) is 1.25. The number of thiophene rings is 1. The van der Waals surface area contributed by atoms with Crippen LogP contribution < -0.4 is 11.1 Å². The number of nitrogen functional groups attached to an aromatic ring is 1. The Morgan fingerprint density at radius 3 is 3.12 bits per heavy atom. The second-order valence-corrected chi connectivity index (χ2v) is 5.36. The van der Waals surface area contributed by atoms with Gasteiger partial charge >= 0.3 is 0 Å². The second-order valence-electron chi connectivity index (χ2n) is 4.30. The minimum Gasteiger partial charge on any atom is -0.397 e. The molecule has 1 fully saturated rings. The minimum atomic E-state index is 0.582. The van der Waals surface area contributed by atoms with E-state index >= 15 is 0 Å². The monoisotopic (exact) mass is 236 g/mol. The van der Waals surface area contributed by atoms with Gasteiger partial charge < -0.3 is 16.0 Å². The summed E-state index contributed by atoms with van der Waals surface area (Å²) in [6.45, 7) is 3.30. The third-order valence-corrected chi connectivity index (χ3v) is 3.93. The van der Waals surface area contributed by atoms with Gasteiger partial charge in [0.05, 0.1) is 10.7 Å². The van der Waals surface area contributed by atoms with Gasteiger partial charge in [-0.25, -0.2) is 0 Å². The van der Waals surface area contributed by atoms with Crippen LogP contribution in [0.2, 0.25) is 0 Å². The molecule has 0 aromatic carbocycles. The maximum Gasteiger partial charge on any atom is 0.129 e. The van der Waals surface area contributed by atoms with Crippen molar-refractivity contribution in [3.8, 4) is 6.07 Å². The summed E-state index contributed by atoms with van der Waals surface area (Å²) in [6, 6.07) is 3.95. The molecule has 1 aliphatic heterocycles. The predicted octanol–water partition coefficient (Wildman–Crippen LogP) is 1.57. The third-order valence-electron chi connectivity index (χ3n) is 2.92. The van der Waals surface area contributed by atoms with Crippen LogP contribution in [0.5, 0.6) is 0 Å². The average Bonchev–Trinajstić information content (AvgIpc) is 2.82. The van der Waals surface area contributed by atoms with Gasteiger partial charge in [-0.15, -0.1) is 11.3 Å². The van der Waals surface area contributed by atoms with Gasteiger partial charge in [0.1, 0.15) is 10.9 Å². The average molecular weight is 236 g/mol. The van der Waals surface area contributed by atoms with Crippen molar-refractivity contribution in [1.29, 1.82) is 5.26 Å². The molecule has 0 bridgehead atoms. The molecule has 86 valence electrons. The largest absolute Gasteiger partial charge is 0.397 e. The van der Waals surface area contributed by atoms with Crippen LogP contribution in [0.3, 0.4) is 0 Å². The van der Waals surface area contributed by atoms with Crippen LogP contribution in [-0.2, 0) is 0 Å². The maximum absolute atomic E-state index is 8.79. The van der Waals surface area contributed by atoms with E-state index < -0.39 is 0 Å². The van der Waals surface area contributed by atoms with Crippen LogP contribution >= 0.6 is 11.3 Å². The number of nitrogens with two attached hydrogens (primary N) is 1. The number of nitriles is 1. The fraction of sp³-hybridized carbons (Fsp3) is 0.545. The van der Waals surface area contributed by atoms with Gasteiger partial charge in [0.25, 0.3) is 0 Å². The highest BCUT2D eigenvalue weighted by atomic mass is 32.1. The number of nitrogens with one attached hydrogen (secondary N) is 1. The third kappa shape index (κ3) is 2.46. The van der Waals surface area contributed by atoms with Crippen molar-refractivity contribution in [2.75, 3.05) is 37.7 Å². The fourth-order valence-corrected chi connectivity index (χ4v) is 2.80. The van der Waals surface area contributed by atoms with Crippen molar-refractivity contribution in [3.63, 3.8) is 0 Å². The lowest BCUT2D eigenvalue weighted by Gasteiger charge is -2.10. The first-order valence-electron chi connectivity index (χ1n) is 5.41. The number of rotatable bonds is 3. The maximum atomic E-state index is 8.79. The van der Waals surface area contributed by atoms with Gasteiger partial charge in [-0.2, -0.15) is 5.26 Å². The molecule has 0 spiro atoms. The van der Waals surface area contributed by atoms with Crippen molar-refractivity contribution >= 4 is 22.0 Å². The summed E-state index contributed by atoms with van der Waals surface area (Å²) in [5.74, 6) is 0.707. The van der Waals surface area contributed by atoms with Gasteiger partial charge in [0.2, 0.25) is 0 Å². The highest BCUT2D eigenvalue weighted by Gasteiger charge is 2.19. The number of likely N-dealkylation sites (tertiary alicyclic amines) is 1. The Balaban J connectivity index is 1.88. The van der Waals surface area contributed by atoms with E-state index in [0.717, 1.165) is 18.1 Å². The zero-order valence-corrected chi connectivity index (χ0v) is 10.2. The Hall–Kier alpha value is -1.25. The standard InChI is InChI=1S/C11H16N4S/c1-15-3-2-8(7-15)6-14-11-4-9(13)10(5-12)16-11/h4,8,14H,2-3,6-7,13H2,1H3. The van der Waals surface area contributed by atoms with E-state index in [1.54, 1.807) is 0 Å². The zero-order valence-electron chi connectivity index (χ0n) is 9.36. The fourth-order valence-electron chi connectivity index (χ4n) is 2.02. The van der Waals surface area contributed by atoms with E-state index in [1.807, 2.05) is 6.07 Å². The van der Waals surface area contributed by atoms with Gasteiger partial charge in [-0.1, -0.05) is 0 Å². The smallest absolute Gasteiger partial charge is 0.129 e. The quantitative estimate of drug-likeness (QED) is 0.836. The summed E-state index contributed by atoms with van der Waals surface area (Å²) in [7, 11) is 2.15. The van der Waals surface area contributed by atoms with E-state index in [9.17, 15) is 0 Å². The Morgan fingerprint density at radius 1 is 1.75 bits per heavy atom. The van der Waals surface area contributed by atoms with Crippen molar-refractivity contribution < 1.29 is 0 Å². The molecule has 1 atom stereocenters. The van der Waals surface area contributed by atoms with E-state index in [0.29, 0.717) is 16.5 Å². The molecule has 0 amide bonds. The van der Waals surface area contributed by atoms with Gasteiger partial charge in [0, 0.05) is 13.1 Å². The Morgan fingerprint density at radius 2 is 2.56 bits per heavy atom. The Bertz CT molecular complexity index is 407. The lowest BCUT2D eigenvalue weighted by molar-refractivity contribution is 0.399. The Kier molecular flexibility index (Phi) is 3.32. The SMILES string of the molecule is CN1CCC(CNc2cc(N)c(C#N)s2)C1. The van der Waals surface area contributed by atoms with Gasteiger partial charge in [0.15, 0.2) is 0 Å². The molecule has 4 nitrogen and oxygen atoms in total. The molecule has 1 saturated heterocycles.